The Hall–Kier alpha value is -0.570. The molecule has 0 bridgehead atoms. The number of hydrogen-bond acceptors (Lipinski definition) is 3. The maximum absolute atomic E-state index is 9.45. The summed E-state index contributed by atoms with van der Waals surface area (Å²) in [5.74, 6) is 0. The molecule has 0 saturated heterocycles. The Kier molecular flexibility index (Phi) is 4.26. The summed E-state index contributed by atoms with van der Waals surface area (Å²) in [5.41, 5.74) is 0. The fourth-order valence-corrected chi connectivity index (χ4v) is 0.228. The van der Waals surface area contributed by atoms with E-state index in [0.29, 0.717) is 6.73 Å². The van der Waals surface area contributed by atoms with Crippen LogP contribution in [0.25, 0.3) is 0 Å². The molecule has 1 radical (unpaired) electrons. The van der Waals surface area contributed by atoms with E-state index < -0.39 is 0 Å². The van der Waals surface area contributed by atoms with Crippen LogP contribution in [0.1, 0.15) is 6.92 Å². The van der Waals surface area contributed by atoms with Gasteiger partial charge in [-0.25, -0.2) is 4.79 Å². The summed E-state index contributed by atoms with van der Waals surface area (Å²) in [7, 11) is 1.86. The third kappa shape index (κ3) is 3.61. The van der Waals surface area contributed by atoms with Crippen molar-refractivity contribution in [1.82, 2.24) is 4.90 Å². The summed E-state index contributed by atoms with van der Waals surface area (Å²) in [6, 6.07) is 0. The minimum Gasteiger partial charge on any atom is -0.441 e. The van der Waals surface area contributed by atoms with Crippen LogP contribution >= 0.6 is 0 Å². The summed E-state index contributed by atoms with van der Waals surface area (Å²) in [4.78, 5) is 11.3. The SMILES string of the molecule is CCN(C)CO[C]=O. The topological polar surface area (TPSA) is 29.5 Å². The van der Waals surface area contributed by atoms with Gasteiger partial charge >= 0.3 is 6.47 Å². The van der Waals surface area contributed by atoms with E-state index in [2.05, 4.69) is 4.74 Å². The van der Waals surface area contributed by atoms with Gasteiger partial charge < -0.3 is 4.74 Å². The molecule has 0 aromatic rings. The fraction of sp³-hybridized carbons (Fsp3) is 0.800. The van der Waals surface area contributed by atoms with Crippen molar-refractivity contribution >= 4 is 6.47 Å². The zero-order chi connectivity index (χ0) is 6.41. The first-order valence-corrected chi connectivity index (χ1v) is 2.48. The maximum atomic E-state index is 9.45. The highest BCUT2D eigenvalue weighted by atomic mass is 16.5. The molecule has 3 heteroatoms. The van der Waals surface area contributed by atoms with E-state index in [-0.39, 0.29) is 0 Å². The molecule has 3 nitrogen and oxygen atoms in total. The second kappa shape index (κ2) is 4.59. The van der Waals surface area contributed by atoms with Crippen molar-refractivity contribution in [1.29, 1.82) is 0 Å². The van der Waals surface area contributed by atoms with Crippen LogP contribution in [-0.4, -0.2) is 31.7 Å². The van der Waals surface area contributed by atoms with E-state index in [9.17, 15) is 4.79 Å². The van der Waals surface area contributed by atoms with E-state index >= 15 is 0 Å². The lowest BCUT2D eigenvalue weighted by atomic mass is 10.7. The first-order valence-electron chi connectivity index (χ1n) is 2.48. The molecule has 0 N–H and O–H groups in total. The largest absolute Gasteiger partial charge is 0.441 e. The summed E-state index contributed by atoms with van der Waals surface area (Å²) in [6.45, 7) is 4.53. The van der Waals surface area contributed by atoms with Crippen molar-refractivity contribution in [2.24, 2.45) is 0 Å². The molecule has 0 aliphatic heterocycles. The van der Waals surface area contributed by atoms with Crippen LogP contribution in [0.2, 0.25) is 0 Å². The number of ether oxygens (including phenoxy) is 1. The molecule has 0 rings (SSSR count). The van der Waals surface area contributed by atoms with Crippen molar-refractivity contribution in [3.8, 4) is 0 Å². The molecule has 0 unspecified atom stereocenters. The van der Waals surface area contributed by atoms with Gasteiger partial charge in [-0.15, -0.1) is 0 Å². The van der Waals surface area contributed by atoms with Crippen molar-refractivity contribution in [3.63, 3.8) is 0 Å². The smallest absolute Gasteiger partial charge is 0.418 e. The molecule has 47 valence electrons. The van der Waals surface area contributed by atoms with Crippen LogP contribution in [0.3, 0.4) is 0 Å². The molecule has 0 aliphatic rings. The highest BCUT2D eigenvalue weighted by Gasteiger charge is 1.90. The Morgan fingerprint density at radius 3 is 2.75 bits per heavy atom. The predicted molar refractivity (Wildman–Crippen MR) is 29.9 cm³/mol. The van der Waals surface area contributed by atoms with E-state index in [1.807, 2.05) is 18.9 Å². The van der Waals surface area contributed by atoms with Gasteiger partial charge in [-0.1, -0.05) is 6.92 Å². The summed E-state index contributed by atoms with van der Waals surface area (Å²) >= 11 is 0. The van der Waals surface area contributed by atoms with Gasteiger partial charge in [0.1, 0.15) is 6.73 Å². The number of nitrogens with zero attached hydrogens (tertiary/aromatic N) is 1. The van der Waals surface area contributed by atoms with Crippen molar-refractivity contribution in [3.05, 3.63) is 0 Å². The van der Waals surface area contributed by atoms with Crippen LogP contribution in [0.15, 0.2) is 0 Å². The zero-order valence-electron chi connectivity index (χ0n) is 5.18. The highest BCUT2D eigenvalue weighted by molar-refractivity contribution is 5.37. The van der Waals surface area contributed by atoms with Gasteiger partial charge in [0, 0.05) is 0 Å². The molecule has 0 spiro atoms. The Balaban J connectivity index is 2.97. The Morgan fingerprint density at radius 1 is 1.75 bits per heavy atom. The Morgan fingerprint density at radius 2 is 2.38 bits per heavy atom. The third-order valence-electron chi connectivity index (χ3n) is 0.884. The Labute approximate surface area is 49.2 Å². The zero-order valence-corrected chi connectivity index (χ0v) is 5.18. The van der Waals surface area contributed by atoms with Crippen LogP contribution in [0.4, 0.5) is 0 Å². The number of hydrogen-bond donors (Lipinski definition) is 0. The lowest BCUT2D eigenvalue weighted by Crippen LogP contribution is -2.20. The standard InChI is InChI=1S/C5H10NO2/c1-3-6(2)4-8-5-7/h3-4H2,1-2H3. The second-order valence-electron chi connectivity index (χ2n) is 1.53. The summed E-state index contributed by atoms with van der Waals surface area (Å²) < 4.78 is 4.31. The molecular formula is C5H10NO2. The highest BCUT2D eigenvalue weighted by Crippen LogP contribution is 1.77. The predicted octanol–water partition coefficient (Wildman–Crippen LogP) is -0.0206. The monoisotopic (exact) mass is 116 g/mol. The first kappa shape index (κ1) is 7.43. The second-order valence-corrected chi connectivity index (χ2v) is 1.53. The average molecular weight is 116 g/mol. The van der Waals surface area contributed by atoms with E-state index in [0.717, 1.165) is 6.54 Å². The molecule has 0 aromatic carbocycles. The number of rotatable bonds is 4. The first-order chi connectivity index (χ1) is 3.81. The van der Waals surface area contributed by atoms with Crippen molar-refractivity contribution in [2.45, 2.75) is 6.92 Å². The van der Waals surface area contributed by atoms with Crippen LogP contribution in [0.5, 0.6) is 0 Å². The summed E-state index contributed by atoms with van der Waals surface area (Å²) in [5, 5.41) is 0. The van der Waals surface area contributed by atoms with Crippen molar-refractivity contribution in [2.75, 3.05) is 20.3 Å². The maximum Gasteiger partial charge on any atom is 0.418 e. The van der Waals surface area contributed by atoms with Gasteiger partial charge in [0.2, 0.25) is 0 Å². The van der Waals surface area contributed by atoms with Gasteiger partial charge in [-0.3, -0.25) is 4.90 Å². The van der Waals surface area contributed by atoms with E-state index in [1.165, 1.54) is 6.47 Å². The normalized spacial score (nSPS) is 9.38. The summed E-state index contributed by atoms with van der Waals surface area (Å²) in [6.07, 6.45) is 0. The fourth-order valence-electron chi connectivity index (χ4n) is 0.228. The molecule has 0 heterocycles. The lowest BCUT2D eigenvalue weighted by Gasteiger charge is -2.09. The average Bonchev–Trinajstić information content (AvgIpc) is 1.83. The molecule has 0 fully saturated rings. The van der Waals surface area contributed by atoms with E-state index in [4.69, 9.17) is 0 Å². The third-order valence-corrected chi connectivity index (χ3v) is 0.884. The molecule has 0 saturated carbocycles. The number of carbonyl (C=O) groups excluding carboxylic acids is 1. The molecule has 0 aromatic heterocycles. The van der Waals surface area contributed by atoms with Crippen LogP contribution < -0.4 is 0 Å². The molecule has 8 heavy (non-hydrogen) atoms. The van der Waals surface area contributed by atoms with Gasteiger partial charge in [0.15, 0.2) is 0 Å². The molecular weight excluding hydrogens is 106 g/mol. The van der Waals surface area contributed by atoms with Gasteiger partial charge in [0.05, 0.1) is 0 Å². The Bertz CT molecular complexity index is 65.4. The minimum absolute atomic E-state index is 0.333. The van der Waals surface area contributed by atoms with Crippen LogP contribution in [-0.2, 0) is 9.53 Å². The lowest BCUT2D eigenvalue weighted by molar-refractivity contribution is 0.142. The van der Waals surface area contributed by atoms with Crippen molar-refractivity contribution < 1.29 is 9.53 Å². The quantitative estimate of drug-likeness (QED) is 0.483. The molecule has 0 atom stereocenters. The molecule has 0 amide bonds. The van der Waals surface area contributed by atoms with Crippen LogP contribution in [0, 0.1) is 0 Å². The van der Waals surface area contributed by atoms with Gasteiger partial charge in [0.25, 0.3) is 0 Å². The van der Waals surface area contributed by atoms with E-state index in [1.54, 1.807) is 0 Å². The minimum atomic E-state index is 0.333. The molecule has 0 aliphatic carbocycles. The van der Waals surface area contributed by atoms with Gasteiger partial charge in [-0.2, -0.15) is 0 Å². The van der Waals surface area contributed by atoms with Gasteiger partial charge in [-0.05, 0) is 13.6 Å².